The van der Waals surface area contributed by atoms with Crippen molar-refractivity contribution < 1.29 is 9.59 Å². The van der Waals surface area contributed by atoms with E-state index in [-0.39, 0.29) is 23.1 Å². The van der Waals surface area contributed by atoms with Crippen LogP contribution >= 0.6 is 11.8 Å². The highest BCUT2D eigenvalue weighted by atomic mass is 32.2. The zero-order valence-electron chi connectivity index (χ0n) is 15.5. The summed E-state index contributed by atoms with van der Waals surface area (Å²) in [5, 5.41) is 3.01. The van der Waals surface area contributed by atoms with Gasteiger partial charge in [0, 0.05) is 17.3 Å². The Morgan fingerprint density at radius 1 is 1.04 bits per heavy atom. The second-order valence-electron chi connectivity index (χ2n) is 7.36. The van der Waals surface area contributed by atoms with E-state index in [1.165, 1.54) is 5.56 Å². The highest BCUT2D eigenvalue weighted by molar-refractivity contribution is 8.00. The van der Waals surface area contributed by atoms with Crippen LogP contribution in [0.5, 0.6) is 0 Å². The Morgan fingerprint density at radius 2 is 1.70 bits per heavy atom. The average Bonchev–Trinajstić information content (AvgIpc) is 3.33. The molecule has 0 aromatic heterocycles. The molecule has 0 bridgehead atoms. The minimum absolute atomic E-state index is 0.0280. The first-order valence-corrected chi connectivity index (χ1v) is 10.6. The molecule has 0 unspecified atom stereocenters. The number of carbonyl (C=O) groups excluding carboxylic acids is 2. The molecule has 27 heavy (non-hydrogen) atoms. The molecule has 5 heteroatoms. The van der Waals surface area contributed by atoms with Crippen LogP contribution in [0.4, 0.5) is 11.4 Å². The molecule has 1 N–H and O–H groups in total. The lowest BCUT2D eigenvalue weighted by Crippen LogP contribution is -2.27. The molecule has 2 aliphatic rings. The third kappa shape index (κ3) is 3.88. The SMILES string of the molecule is Cc1ccc(N2C(=O)CS[C@H]2c2ccc(NC(=O)C3CCCC3)cc2)cc1. The lowest BCUT2D eigenvalue weighted by Gasteiger charge is -2.24. The Bertz CT molecular complexity index is 826. The van der Waals surface area contributed by atoms with Crippen molar-refractivity contribution in [3.8, 4) is 0 Å². The summed E-state index contributed by atoms with van der Waals surface area (Å²) in [6.45, 7) is 2.04. The number of carbonyl (C=O) groups is 2. The monoisotopic (exact) mass is 380 g/mol. The third-order valence-corrected chi connectivity index (χ3v) is 6.58. The van der Waals surface area contributed by atoms with Crippen LogP contribution in [0.1, 0.15) is 42.2 Å². The van der Waals surface area contributed by atoms with Gasteiger partial charge in [0.15, 0.2) is 0 Å². The Hall–Kier alpha value is -2.27. The molecule has 2 amide bonds. The van der Waals surface area contributed by atoms with E-state index in [0.29, 0.717) is 5.75 Å². The first-order chi connectivity index (χ1) is 13.1. The van der Waals surface area contributed by atoms with E-state index in [2.05, 4.69) is 5.32 Å². The van der Waals surface area contributed by atoms with Gasteiger partial charge in [-0.15, -0.1) is 11.8 Å². The Labute approximate surface area is 164 Å². The molecule has 2 fully saturated rings. The largest absolute Gasteiger partial charge is 0.326 e. The number of anilines is 2. The van der Waals surface area contributed by atoms with Crippen molar-refractivity contribution in [2.75, 3.05) is 16.0 Å². The number of nitrogens with zero attached hydrogens (tertiary/aromatic N) is 1. The molecule has 1 saturated heterocycles. The van der Waals surface area contributed by atoms with Crippen molar-refractivity contribution in [1.82, 2.24) is 0 Å². The van der Waals surface area contributed by atoms with E-state index >= 15 is 0 Å². The van der Waals surface area contributed by atoms with Gasteiger partial charge in [0.2, 0.25) is 11.8 Å². The molecule has 0 radical (unpaired) electrons. The quantitative estimate of drug-likeness (QED) is 0.820. The molecule has 4 nitrogen and oxygen atoms in total. The maximum absolute atomic E-state index is 12.5. The minimum Gasteiger partial charge on any atom is -0.326 e. The van der Waals surface area contributed by atoms with Crippen LogP contribution in [-0.2, 0) is 9.59 Å². The van der Waals surface area contributed by atoms with Crippen molar-refractivity contribution in [2.45, 2.75) is 38.0 Å². The number of hydrogen-bond acceptors (Lipinski definition) is 3. The predicted molar refractivity (Wildman–Crippen MR) is 111 cm³/mol. The van der Waals surface area contributed by atoms with Gasteiger partial charge in [-0.05, 0) is 49.6 Å². The van der Waals surface area contributed by atoms with Crippen molar-refractivity contribution >= 4 is 35.0 Å². The summed E-state index contributed by atoms with van der Waals surface area (Å²) in [6, 6.07) is 16.0. The zero-order chi connectivity index (χ0) is 18.8. The molecule has 0 spiro atoms. The van der Waals surface area contributed by atoms with E-state index < -0.39 is 0 Å². The number of benzene rings is 2. The topological polar surface area (TPSA) is 49.4 Å². The lowest BCUT2D eigenvalue weighted by molar-refractivity contribution is -0.119. The summed E-state index contributed by atoms with van der Waals surface area (Å²) in [4.78, 5) is 26.6. The van der Waals surface area contributed by atoms with Gasteiger partial charge in [0.1, 0.15) is 5.37 Å². The number of nitrogens with one attached hydrogen (secondary N) is 1. The normalized spacial score (nSPS) is 20.3. The van der Waals surface area contributed by atoms with Crippen LogP contribution < -0.4 is 10.2 Å². The summed E-state index contributed by atoms with van der Waals surface area (Å²) >= 11 is 1.64. The number of rotatable bonds is 4. The first-order valence-electron chi connectivity index (χ1n) is 9.53. The van der Waals surface area contributed by atoms with Crippen LogP contribution in [0, 0.1) is 12.8 Å². The van der Waals surface area contributed by atoms with Crippen molar-refractivity contribution in [1.29, 1.82) is 0 Å². The first kappa shape index (κ1) is 18.1. The highest BCUT2D eigenvalue weighted by Crippen LogP contribution is 2.42. The molecule has 1 heterocycles. The van der Waals surface area contributed by atoms with Gasteiger partial charge in [-0.1, -0.05) is 42.7 Å². The summed E-state index contributed by atoms with van der Waals surface area (Å²) in [5.41, 5.74) is 4.01. The Balaban J connectivity index is 1.49. The third-order valence-electron chi connectivity index (χ3n) is 5.37. The van der Waals surface area contributed by atoms with Gasteiger partial charge < -0.3 is 5.32 Å². The maximum Gasteiger partial charge on any atom is 0.238 e. The zero-order valence-corrected chi connectivity index (χ0v) is 16.3. The summed E-state index contributed by atoms with van der Waals surface area (Å²) in [6.07, 6.45) is 4.30. The number of hydrogen-bond donors (Lipinski definition) is 1. The molecular formula is C22H24N2O2S. The molecule has 2 aromatic rings. The molecule has 1 aliphatic heterocycles. The van der Waals surface area contributed by atoms with Crippen LogP contribution in [0.15, 0.2) is 48.5 Å². The van der Waals surface area contributed by atoms with Gasteiger partial charge in [0.05, 0.1) is 5.75 Å². The average molecular weight is 381 g/mol. The van der Waals surface area contributed by atoms with Crippen LogP contribution in [0.2, 0.25) is 0 Å². The second-order valence-corrected chi connectivity index (χ2v) is 8.42. The minimum atomic E-state index is -0.0280. The summed E-state index contributed by atoms with van der Waals surface area (Å²) < 4.78 is 0. The predicted octanol–water partition coefficient (Wildman–Crippen LogP) is 4.90. The van der Waals surface area contributed by atoms with Gasteiger partial charge in [-0.2, -0.15) is 0 Å². The molecule has 1 atom stereocenters. The van der Waals surface area contributed by atoms with E-state index in [0.717, 1.165) is 42.6 Å². The molecule has 140 valence electrons. The molecule has 1 saturated carbocycles. The van der Waals surface area contributed by atoms with Crippen molar-refractivity contribution in [2.24, 2.45) is 5.92 Å². The standard InChI is InChI=1S/C22H24N2O2S/c1-15-6-12-19(13-7-15)24-20(25)14-27-22(24)17-8-10-18(11-9-17)23-21(26)16-4-2-3-5-16/h6-13,16,22H,2-5,14H2,1H3,(H,23,26)/t22-/m0/s1. The highest BCUT2D eigenvalue weighted by Gasteiger charge is 2.34. The Kier molecular flexibility index (Phi) is 5.21. The molecule has 4 rings (SSSR count). The fraction of sp³-hybridized carbons (Fsp3) is 0.364. The van der Waals surface area contributed by atoms with Gasteiger partial charge in [0.25, 0.3) is 0 Å². The molecule has 2 aromatic carbocycles. The smallest absolute Gasteiger partial charge is 0.238 e. The van der Waals surface area contributed by atoms with Crippen molar-refractivity contribution in [3.63, 3.8) is 0 Å². The Morgan fingerprint density at radius 3 is 2.37 bits per heavy atom. The summed E-state index contributed by atoms with van der Waals surface area (Å²) in [5.74, 6) is 0.905. The van der Waals surface area contributed by atoms with Crippen molar-refractivity contribution in [3.05, 3.63) is 59.7 Å². The number of thioether (sulfide) groups is 1. The van der Waals surface area contributed by atoms with E-state index in [1.807, 2.05) is 60.4 Å². The van der Waals surface area contributed by atoms with Crippen LogP contribution in [-0.4, -0.2) is 17.6 Å². The maximum atomic E-state index is 12.5. The van der Waals surface area contributed by atoms with E-state index in [1.54, 1.807) is 11.8 Å². The van der Waals surface area contributed by atoms with Crippen LogP contribution in [0.25, 0.3) is 0 Å². The second kappa shape index (κ2) is 7.77. The van der Waals surface area contributed by atoms with E-state index in [4.69, 9.17) is 0 Å². The fourth-order valence-electron chi connectivity index (χ4n) is 3.82. The van der Waals surface area contributed by atoms with E-state index in [9.17, 15) is 9.59 Å². The molecular weight excluding hydrogens is 356 g/mol. The number of amides is 2. The number of aryl methyl sites for hydroxylation is 1. The fourth-order valence-corrected chi connectivity index (χ4v) is 5.00. The lowest BCUT2D eigenvalue weighted by atomic mass is 10.1. The van der Waals surface area contributed by atoms with Crippen LogP contribution in [0.3, 0.4) is 0 Å². The summed E-state index contributed by atoms with van der Waals surface area (Å²) in [7, 11) is 0. The van der Waals surface area contributed by atoms with Gasteiger partial charge in [-0.25, -0.2) is 0 Å². The van der Waals surface area contributed by atoms with Gasteiger partial charge in [-0.3, -0.25) is 14.5 Å². The molecule has 1 aliphatic carbocycles. The van der Waals surface area contributed by atoms with Gasteiger partial charge >= 0.3 is 0 Å².